The highest BCUT2D eigenvalue weighted by Crippen LogP contribution is 2.25. The van der Waals surface area contributed by atoms with Crippen molar-refractivity contribution >= 4 is 22.9 Å². The van der Waals surface area contributed by atoms with Crippen molar-refractivity contribution in [1.29, 1.82) is 0 Å². The Morgan fingerprint density at radius 2 is 1.91 bits per heavy atom. The summed E-state index contributed by atoms with van der Waals surface area (Å²) in [6.45, 7) is 1.98. The summed E-state index contributed by atoms with van der Waals surface area (Å²) in [6.07, 6.45) is 3.34. The van der Waals surface area contributed by atoms with E-state index in [0.717, 1.165) is 42.0 Å². The van der Waals surface area contributed by atoms with Gasteiger partial charge in [-0.25, -0.2) is 0 Å². The van der Waals surface area contributed by atoms with Gasteiger partial charge >= 0.3 is 0 Å². The van der Waals surface area contributed by atoms with E-state index in [-0.39, 0.29) is 18.1 Å². The number of thiophene rings is 1. The maximum absolute atomic E-state index is 12.1. The van der Waals surface area contributed by atoms with Crippen molar-refractivity contribution in [2.24, 2.45) is 0 Å². The largest absolute Gasteiger partial charge is 0.488 e. The minimum Gasteiger partial charge on any atom is -0.488 e. The molecule has 122 valence electrons. The molecule has 2 unspecified atom stereocenters. The molecule has 2 atom stereocenters. The standard InChI is InChI=1S/C18H21NO3S/c1-12-6-11-17(23-12)18(21)19-13-7-9-14(10-8-13)22-16-5-3-2-4-15(16)20/h6-11,15-16,20H,2-5H2,1H3,(H,19,21). The van der Waals surface area contributed by atoms with Crippen molar-refractivity contribution < 1.29 is 14.6 Å². The van der Waals surface area contributed by atoms with Gasteiger partial charge in [0.2, 0.25) is 0 Å². The van der Waals surface area contributed by atoms with Crippen LogP contribution < -0.4 is 10.1 Å². The summed E-state index contributed by atoms with van der Waals surface area (Å²) in [6, 6.07) is 11.1. The highest BCUT2D eigenvalue weighted by atomic mass is 32.1. The predicted molar refractivity (Wildman–Crippen MR) is 92.3 cm³/mol. The van der Waals surface area contributed by atoms with Crippen molar-refractivity contribution in [3.05, 3.63) is 46.2 Å². The normalized spacial score (nSPS) is 21.0. The third-order valence-corrected chi connectivity index (χ3v) is 5.03. The first-order chi connectivity index (χ1) is 11.1. The second-order valence-electron chi connectivity index (χ2n) is 5.90. The number of aryl methyl sites for hydroxylation is 1. The quantitative estimate of drug-likeness (QED) is 0.890. The van der Waals surface area contributed by atoms with Crippen LogP contribution in [0.1, 0.15) is 40.2 Å². The first kappa shape index (κ1) is 16.0. The number of carbonyl (C=O) groups excluding carboxylic acids is 1. The second-order valence-corrected chi connectivity index (χ2v) is 7.18. The number of aliphatic hydroxyl groups is 1. The van der Waals surface area contributed by atoms with Gasteiger partial charge in [0, 0.05) is 10.6 Å². The SMILES string of the molecule is Cc1ccc(C(=O)Nc2ccc(OC3CCCCC3O)cc2)s1. The summed E-state index contributed by atoms with van der Waals surface area (Å²) in [5.41, 5.74) is 0.734. The van der Waals surface area contributed by atoms with Gasteiger partial charge in [0.1, 0.15) is 11.9 Å². The van der Waals surface area contributed by atoms with E-state index in [1.165, 1.54) is 11.3 Å². The fourth-order valence-electron chi connectivity index (χ4n) is 2.76. The molecule has 4 nitrogen and oxygen atoms in total. The fraction of sp³-hybridized carbons (Fsp3) is 0.389. The van der Waals surface area contributed by atoms with E-state index in [2.05, 4.69) is 5.32 Å². The van der Waals surface area contributed by atoms with Gasteiger partial charge in [-0.3, -0.25) is 4.79 Å². The number of aliphatic hydroxyl groups excluding tert-OH is 1. The maximum atomic E-state index is 12.1. The van der Waals surface area contributed by atoms with Crippen molar-refractivity contribution in [1.82, 2.24) is 0 Å². The Morgan fingerprint density at radius 1 is 1.17 bits per heavy atom. The zero-order valence-electron chi connectivity index (χ0n) is 13.1. The molecule has 1 saturated carbocycles. The number of rotatable bonds is 4. The molecule has 1 aromatic heterocycles. The molecule has 1 amide bonds. The van der Waals surface area contributed by atoms with E-state index in [1.54, 1.807) is 0 Å². The lowest BCUT2D eigenvalue weighted by atomic mass is 9.95. The predicted octanol–water partition coefficient (Wildman–Crippen LogP) is 3.99. The summed E-state index contributed by atoms with van der Waals surface area (Å²) >= 11 is 1.48. The van der Waals surface area contributed by atoms with Crippen molar-refractivity contribution in [3.8, 4) is 5.75 Å². The zero-order chi connectivity index (χ0) is 16.2. The number of benzene rings is 1. The average molecular weight is 331 g/mol. The van der Waals surface area contributed by atoms with Gasteiger partial charge in [-0.05, 0) is 62.6 Å². The van der Waals surface area contributed by atoms with Crippen LogP contribution in [0.15, 0.2) is 36.4 Å². The van der Waals surface area contributed by atoms with Gasteiger partial charge in [-0.15, -0.1) is 11.3 Å². The van der Waals surface area contributed by atoms with Crippen LogP contribution in [0.3, 0.4) is 0 Å². The zero-order valence-corrected chi connectivity index (χ0v) is 13.9. The molecule has 3 rings (SSSR count). The number of amides is 1. The van der Waals surface area contributed by atoms with E-state index in [4.69, 9.17) is 4.74 Å². The smallest absolute Gasteiger partial charge is 0.265 e. The Hall–Kier alpha value is -1.85. The lowest BCUT2D eigenvalue weighted by Crippen LogP contribution is -2.34. The minimum atomic E-state index is -0.384. The molecule has 1 aromatic carbocycles. The van der Waals surface area contributed by atoms with Gasteiger partial charge in [0.25, 0.3) is 5.91 Å². The topological polar surface area (TPSA) is 58.6 Å². The third-order valence-electron chi connectivity index (χ3n) is 4.03. The molecule has 2 aromatic rings. The van der Waals surface area contributed by atoms with Crippen LogP contribution in [0, 0.1) is 6.92 Å². The van der Waals surface area contributed by atoms with E-state index < -0.39 is 0 Å². The van der Waals surface area contributed by atoms with E-state index >= 15 is 0 Å². The number of nitrogens with one attached hydrogen (secondary N) is 1. The molecule has 0 saturated heterocycles. The molecule has 1 heterocycles. The van der Waals surface area contributed by atoms with Crippen LogP contribution in [0.5, 0.6) is 5.75 Å². The van der Waals surface area contributed by atoms with Crippen LogP contribution in [-0.2, 0) is 0 Å². The van der Waals surface area contributed by atoms with Gasteiger partial charge in [-0.2, -0.15) is 0 Å². The third kappa shape index (κ3) is 4.12. The van der Waals surface area contributed by atoms with Gasteiger partial charge in [0.15, 0.2) is 0 Å². The minimum absolute atomic E-state index is 0.0977. The lowest BCUT2D eigenvalue weighted by molar-refractivity contribution is 0.00688. The van der Waals surface area contributed by atoms with Crippen molar-refractivity contribution in [3.63, 3.8) is 0 Å². The Balaban J connectivity index is 1.59. The molecule has 1 fully saturated rings. The highest BCUT2D eigenvalue weighted by molar-refractivity contribution is 7.14. The molecule has 0 aliphatic heterocycles. The van der Waals surface area contributed by atoms with E-state index in [0.29, 0.717) is 4.88 Å². The Labute approximate surface area is 140 Å². The molecule has 0 radical (unpaired) electrons. The van der Waals surface area contributed by atoms with Crippen LogP contribution in [-0.4, -0.2) is 23.2 Å². The monoisotopic (exact) mass is 331 g/mol. The summed E-state index contributed by atoms with van der Waals surface area (Å²) < 4.78 is 5.85. The molecule has 1 aliphatic carbocycles. The summed E-state index contributed by atoms with van der Waals surface area (Å²) in [7, 11) is 0. The average Bonchev–Trinajstić information content (AvgIpc) is 2.98. The number of hydrogen-bond donors (Lipinski definition) is 2. The van der Waals surface area contributed by atoms with E-state index in [1.807, 2.05) is 43.3 Å². The Kier molecular flexibility index (Phi) is 4.98. The molecular formula is C18H21NO3S. The summed E-state index contributed by atoms with van der Waals surface area (Å²) in [5, 5.41) is 12.8. The number of carbonyl (C=O) groups is 1. The first-order valence-corrected chi connectivity index (χ1v) is 8.76. The number of hydrogen-bond acceptors (Lipinski definition) is 4. The van der Waals surface area contributed by atoms with Crippen LogP contribution in [0.2, 0.25) is 0 Å². The molecule has 5 heteroatoms. The van der Waals surface area contributed by atoms with Gasteiger partial charge in [-0.1, -0.05) is 6.42 Å². The summed E-state index contributed by atoms with van der Waals surface area (Å²) in [5.74, 6) is 0.625. The molecule has 1 aliphatic rings. The number of anilines is 1. The van der Waals surface area contributed by atoms with Crippen LogP contribution in [0.25, 0.3) is 0 Å². The van der Waals surface area contributed by atoms with Crippen molar-refractivity contribution in [2.45, 2.75) is 44.8 Å². The Bertz CT molecular complexity index is 665. The first-order valence-electron chi connectivity index (χ1n) is 7.94. The Morgan fingerprint density at radius 3 is 2.57 bits per heavy atom. The number of ether oxygens (including phenoxy) is 1. The van der Waals surface area contributed by atoms with E-state index in [9.17, 15) is 9.90 Å². The molecule has 2 N–H and O–H groups in total. The molecule has 0 bridgehead atoms. The second kappa shape index (κ2) is 7.15. The lowest BCUT2D eigenvalue weighted by Gasteiger charge is -2.28. The van der Waals surface area contributed by atoms with Crippen LogP contribution in [0.4, 0.5) is 5.69 Å². The molecule has 0 spiro atoms. The van der Waals surface area contributed by atoms with Crippen molar-refractivity contribution in [2.75, 3.05) is 5.32 Å². The van der Waals surface area contributed by atoms with Gasteiger partial charge < -0.3 is 15.2 Å². The molecule has 23 heavy (non-hydrogen) atoms. The van der Waals surface area contributed by atoms with Crippen LogP contribution >= 0.6 is 11.3 Å². The fourth-order valence-corrected chi connectivity index (χ4v) is 3.52. The highest BCUT2D eigenvalue weighted by Gasteiger charge is 2.24. The van der Waals surface area contributed by atoms with Gasteiger partial charge in [0.05, 0.1) is 11.0 Å². The maximum Gasteiger partial charge on any atom is 0.265 e. The molecular weight excluding hydrogens is 310 g/mol. The summed E-state index contributed by atoms with van der Waals surface area (Å²) in [4.78, 5) is 13.9.